The third-order valence-corrected chi connectivity index (χ3v) is 5.52. The molecule has 3 aromatic rings. The van der Waals surface area contributed by atoms with Gasteiger partial charge >= 0.3 is 0 Å². The quantitative estimate of drug-likeness (QED) is 0.658. The number of benzene rings is 3. The van der Waals surface area contributed by atoms with Gasteiger partial charge in [-0.3, -0.25) is 9.52 Å². The number of carbonyl (C=O) groups is 1. The second-order valence-electron chi connectivity index (χ2n) is 6.13. The van der Waals surface area contributed by atoms with E-state index in [1.807, 2.05) is 6.07 Å². The van der Waals surface area contributed by atoms with Gasteiger partial charge in [-0.25, -0.2) is 8.42 Å². The van der Waals surface area contributed by atoms with Crippen molar-refractivity contribution in [2.24, 2.45) is 0 Å². The van der Waals surface area contributed by atoms with Gasteiger partial charge in [0.15, 0.2) is 0 Å². The van der Waals surface area contributed by atoms with E-state index in [-0.39, 0.29) is 10.8 Å². The van der Waals surface area contributed by atoms with Crippen LogP contribution in [0.25, 0.3) is 0 Å². The molecule has 28 heavy (non-hydrogen) atoms. The summed E-state index contributed by atoms with van der Waals surface area (Å²) in [6.45, 7) is 1.80. The number of amides is 1. The molecule has 0 atom stereocenters. The summed E-state index contributed by atoms with van der Waals surface area (Å²) < 4.78 is 33.0. The summed E-state index contributed by atoms with van der Waals surface area (Å²) in [4.78, 5) is 12.4. The predicted octanol–water partition coefficient (Wildman–Crippen LogP) is 4.06. The second-order valence-corrected chi connectivity index (χ2v) is 7.81. The number of rotatable bonds is 6. The molecule has 7 heteroatoms. The van der Waals surface area contributed by atoms with E-state index in [1.54, 1.807) is 61.5 Å². The van der Waals surface area contributed by atoms with Gasteiger partial charge in [0.2, 0.25) is 0 Å². The van der Waals surface area contributed by atoms with Crippen molar-refractivity contribution in [2.75, 3.05) is 17.1 Å². The molecular formula is C21H20N2O4S. The van der Waals surface area contributed by atoms with Gasteiger partial charge in [-0.2, -0.15) is 0 Å². The van der Waals surface area contributed by atoms with Crippen molar-refractivity contribution in [3.63, 3.8) is 0 Å². The number of aryl methyl sites for hydroxylation is 1. The molecule has 3 aromatic carbocycles. The van der Waals surface area contributed by atoms with Crippen molar-refractivity contribution < 1.29 is 17.9 Å². The van der Waals surface area contributed by atoms with E-state index in [9.17, 15) is 13.2 Å². The molecule has 2 N–H and O–H groups in total. The first kappa shape index (κ1) is 19.4. The molecule has 0 saturated heterocycles. The molecule has 0 bridgehead atoms. The Morgan fingerprint density at radius 1 is 0.929 bits per heavy atom. The zero-order chi connectivity index (χ0) is 20.1. The summed E-state index contributed by atoms with van der Waals surface area (Å²) in [5.74, 6) is 0.325. The van der Waals surface area contributed by atoms with Gasteiger partial charge < -0.3 is 10.1 Å². The number of sulfonamides is 1. The van der Waals surface area contributed by atoms with Crippen LogP contribution in [0.2, 0.25) is 0 Å². The van der Waals surface area contributed by atoms with Crippen molar-refractivity contribution in [1.29, 1.82) is 0 Å². The third-order valence-electron chi connectivity index (χ3n) is 4.15. The fourth-order valence-corrected chi connectivity index (χ4v) is 3.64. The van der Waals surface area contributed by atoms with Crippen molar-refractivity contribution in [2.45, 2.75) is 11.8 Å². The molecule has 0 fully saturated rings. The van der Waals surface area contributed by atoms with Crippen LogP contribution < -0.4 is 14.8 Å². The Balaban J connectivity index is 1.83. The lowest BCUT2D eigenvalue weighted by atomic mass is 10.1. The van der Waals surface area contributed by atoms with E-state index in [0.29, 0.717) is 22.7 Å². The zero-order valence-corrected chi connectivity index (χ0v) is 16.3. The molecule has 0 aliphatic rings. The molecule has 0 spiro atoms. The average molecular weight is 396 g/mol. The Morgan fingerprint density at radius 2 is 1.61 bits per heavy atom. The van der Waals surface area contributed by atoms with Crippen LogP contribution in [0.15, 0.2) is 77.7 Å². The van der Waals surface area contributed by atoms with Crippen molar-refractivity contribution in [3.05, 3.63) is 83.9 Å². The molecule has 144 valence electrons. The molecule has 1 amide bonds. The molecule has 0 heterocycles. The Kier molecular flexibility index (Phi) is 5.65. The second kappa shape index (κ2) is 8.14. The van der Waals surface area contributed by atoms with Gasteiger partial charge in [-0.15, -0.1) is 0 Å². The fourth-order valence-electron chi connectivity index (χ4n) is 2.56. The Labute approximate surface area is 164 Å². The number of anilines is 2. The van der Waals surface area contributed by atoms with Gasteiger partial charge in [0.1, 0.15) is 5.75 Å². The summed E-state index contributed by atoms with van der Waals surface area (Å²) in [7, 11) is -2.28. The van der Waals surface area contributed by atoms with Crippen LogP contribution in [-0.2, 0) is 10.0 Å². The number of nitrogens with one attached hydrogen (secondary N) is 2. The highest BCUT2D eigenvalue weighted by Gasteiger charge is 2.17. The highest BCUT2D eigenvalue weighted by molar-refractivity contribution is 7.92. The van der Waals surface area contributed by atoms with Gasteiger partial charge in [-0.1, -0.05) is 24.3 Å². The first-order valence-corrected chi connectivity index (χ1v) is 10.0. The SMILES string of the molecule is COc1ccc(NS(=O)(=O)c2ccc(C)c(NC(=O)c3ccccc3)c2)cc1. The standard InChI is InChI=1S/C21H20N2O4S/c1-15-8-13-19(14-20(15)22-21(24)16-6-4-3-5-7-16)28(25,26)23-17-9-11-18(27-2)12-10-17/h3-14,23H,1-2H3,(H,22,24). The van der Waals surface area contributed by atoms with E-state index < -0.39 is 10.0 Å². The molecule has 0 aliphatic carbocycles. The van der Waals surface area contributed by atoms with Crippen molar-refractivity contribution in [1.82, 2.24) is 0 Å². The summed E-state index contributed by atoms with van der Waals surface area (Å²) in [5, 5.41) is 2.77. The van der Waals surface area contributed by atoms with Crippen LogP contribution in [0.1, 0.15) is 15.9 Å². The molecule has 0 aromatic heterocycles. The van der Waals surface area contributed by atoms with Crippen LogP contribution in [0.4, 0.5) is 11.4 Å². The average Bonchev–Trinajstić information content (AvgIpc) is 2.70. The fraction of sp³-hybridized carbons (Fsp3) is 0.0952. The number of methoxy groups -OCH3 is 1. The molecule has 0 radical (unpaired) electrons. The van der Waals surface area contributed by atoms with Crippen LogP contribution in [0, 0.1) is 6.92 Å². The van der Waals surface area contributed by atoms with Gasteiger partial charge in [0, 0.05) is 16.9 Å². The minimum absolute atomic E-state index is 0.0530. The van der Waals surface area contributed by atoms with Gasteiger partial charge in [-0.05, 0) is 61.0 Å². The Bertz CT molecular complexity index is 1080. The first-order chi connectivity index (χ1) is 13.4. The highest BCUT2D eigenvalue weighted by Crippen LogP contribution is 2.24. The van der Waals surface area contributed by atoms with E-state index in [4.69, 9.17) is 4.74 Å². The van der Waals surface area contributed by atoms with E-state index >= 15 is 0 Å². The minimum atomic E-state index is -3.81. The van der Waals surface area contributed by atoms with E-state index in [1.165, 1.54) is 19.2 Å². The third kappa shape index (κ3) is 4.50. The molecule has 0 aliphatic heterocycles. The smallest absolute Gasteiger partial charge is 0.261 e. The lowest BCUT2D eigenvalue weighted by Crippen LogP contribution is -2.16. The van der Waals surface area contributed by atoms with Crippen molar-refractivity contribution >= 4 is 27.3 Å². The molecular weight excluding hydrogens is 376 g/mol. The van der Waals surface area contributed by atoms with Crippen molar-refractivity contribution in [3.8, 4) is 5.75 Å². The normalized spacial score (nSPS) is 10.9. The summed E-state index contributed by atoms with van der Waals surface area (Å²) in [6.07, 6.45) is 0. The zero-order valence-electron chi connectivity index (χ0n) is 15.5. The Hall–Kier alpha value is -3.32. The molecule has 6 nitrogen and oxygen atoms in total. The molecule has 0 saturated carbocycles. The van der Waals surface area contributed by atoms with E-state index in [0.717, 1.165) is 5.56 Å². The number of hydrogen-bond donors (Lipinski definition) is 2. The number of hydrogen-bond acceptors (Lipinski definition) is 4. The first-order valence-electron chi connectivity index (χ1n) is 8.53. The Morgan fingerprint density at radius 3 is 2.25 bits per heavy atom. The minimum Gasteiger partial charge on any atom is -0.497 e. The maximum Gasteiger partial charge on any atom is 0.261 e. The van der Waals surface area contributed by atoms with Crippen LogP contribution in [0.3, 0.4) is 0 Å². The van der Waals surface area contributed by atoms with E-state index in [2.05, 4.69) is 10.0 Å². The number of carbonyl (C=O) groups excluding carboxylic acids is 1. The van der Waals surface area contributed by atoms with Crippen LogP contribution in [-0.4, -0.2) is 21.4 Å². The van der Waals surface area contributed by atoms with Gasteiger partial charge in [0.25, 0.3) is 15.9 Å². The summed E-state index contributed by atoms with van der Waals surface area (Å²) >= 11 is 0. The monoisotopic (exact) mass is 396 g/mol. The summed E-state index contributed by atoms with van der Waals surface area (Å²) in [5.41, 5.74) is 2.10. The van der Waals surface area contributed by atoms with Crippen LogP contribution in [0.5, 0.6) is 5.75 Å². The van der Waals surface area contributed by atoms with Gasteiger partial charge in [0.05, 0.1) is 12.0 Å². The lowest BCUT2D eigenvalue weighted by molar-refractivity contribution is 0.102. The predicted molar refractivity (Wildman–Crippen MR) is 109 cm³/mol. The number of ether oxygens (including phenoxy) is 1. The van der Waals surface area contributed by atoms with Crippen LogP contribution >= 0.6 is 0 Å². The highest BCUT2D eigenvalue weighted by atomic mass is 32.2. The topological polar surface area (TPSA) is 84.5 Å². The summed E-state index contributed by atoms with van der Waals surface area (Å²) in [6, 6.07) is 19.9. The molecule has 0 unspecified atom stereocenters. The maximum absolute atomic E-state index is 12.7. The maximum atomic E-state index is 12.7. The lowest BCUT2D eigenvalue weighted by Gasteiger charge is -2.13. The molecule has 3 rings (SSSR count). The largest absolute Gasteiger partial charge is 0.497 e.